The monoisotopic (exact) mass is 636 g/mol. The molecule has 2 aliphatic carbocycles. The van der Waals surface area contributed by atoms with Gasteiger partial charge in [0.1, 0.15) is 0 Å². The van der Waals surface area contributed by atoms with E-state index in [0.29, 0.717) is 12.1 Å². The predicted molar refractivity (Wildman–Crippen MR) is 199 cm³/mol. The van der Waals surface area contributed by atoms with Crippen molar-refractivity contribution in [1.29, 1.82) is 0 Å². The molecule has 3 aliphatic rings. The molecule has 4 aromatic carbocycles. The van der Waals surface area contributed by atoms with Crippen molar-refractivity contribution in [2.45, 2.75) is 25.9 Å². The summed E-state index contributed by atoms with van der Waals surface area (Å²) < 4.78 is 0. The van der Waals surface area contributed by atoms with E-state index in [9.17, 15) is 0 Å². The lowest BCUT2D eigenvalue weighted by Crippen LogP contribution is -2.54. The maximum atomic E-state index is 2.71. The van der Waals surface area contributed by atoms with E-state index in [1.165, 1.54) is 44.4 Å². The van der Waals surface area contributed by atoms with Gasteiger partial charge in [0, 0.05) is 61.4 Å². The minimum atomic E-state index is -0.611. The van der Waals surface area contributed by atoms with Gasteiger partial charge in [0.25, 0.3) is 0 Å². The molecular formula is C42H42N2P2. The molecule has 1 saturated heterocycles. The summed E-state index contributed by atoms with van der Waals surface area (Å²) in [6, 6.07) is 45.1. The Labute approximate surface area is 281 Å². The fourth-order valence-corrected chi connectivity index (χ4v) is 12.1. The van der Waals surface area contributed by atoms with Crippen LogP contribution in [-0.2, 0) is 0 Å². The van der Waals surface area contributed by atoms with E-state index < -0.39 is 15.8 Å². The third-order valence-electron chi connectivity index (χ3n) is 9.54. The Bertz CT molecular complexity index is 1280. The highest BCUT2D eigenvalue weighted by atomic mass is 31.1. The number of rotatable bonds is 10. The molecule has 2 saturated carbocycles. The highest BCUT2D eigenvalue weighted by Crippen LogP contribution is 2.58. The molecule has 2 nitrogen and oxygen atoms in total. The Kier molecular flexibility index (Phi) is 10.7. The van der Waals surface area contributed by atoms with Crippen LogP contribution < -0.4 is 21.2 Å². The van der Waals surface area contributed by atoms with Crippen LogP contribution in [0.2, 0.25) is 0 Å². The van der Waals surface area contributed by atoms with Crippen LogP contribution in [0.5, 0.6) is 0 Å². The Morgan fingerprint density at radius 3 is 0.978 bits per heavy atom. The second-order valence-electron chi connectivity index (χ2n) is 12.2. The van der Waals surface area contributed by atoms with Gasteiger partial charge in [-0.1, -0.05) is 121 Å². The summed E-state index contributed by atoms with van der Waals surface area (Å²) in [5.41, 5.74) is 2.99. The van der Waals surface area contributed by atoms with Crippen molar-refractivity contribution in [3.8, 4) is 0 Å². The summed E-state index contributed by atoms with van der Waals surface area (Å²) >= 11 is 0. The molecule has 2 atom stereocenters. The average molecular weight is 637 g/mol. The maximum Gasteiger partial charge on any atom is 0.0211 e. The van der Waals surface area contributed by atoms with Gasteiger partial charge in [0.05, 0.1) is 0 Å². The zero-order chi connectivity index (χ0) is 31.3. The van der Waals surface area contributed by atoms with E-state index in [1.54, 1.807) is 0 Å². The van der Waals surface area contributed by atoms with Gasteiger partial charge in [-0.3, -0.25) is 9.80 Å². The lowest BCUT2D eigenvalue weighted by molar-refractivity contribution is 0.0895. The van der Waals surface area contributed by atoms with Crippen LogP contribution in [0.15, 0.2) is 121 Å². The summed E-state index contributed by atoms with van der Waals surface area (Å²) in [7, 11) is -1.22. The maximum absolute atomic E-state index is 2.71. The number of hydrogen-bond donors (Lipinski definition) is 0. The molecule has 0 amide bonds. The summed E-state index contributed by atoms with van der Waals surface area (Å²) in [5, 5.41) is 5.66. The SMILES string of the molecule is C[C@@H]([C]1[CH][CH][CH][C]1P(c1ccccc1)c1ccccc1)N1CCN([C@@H](C)[C]2[CH][CH][CH][C]2P(c2ccccc2)c2ccccc2)CC1. The largest absolute Gasteiger partial charge is 0.297 e. The van der Waals surface area contributed by atoms with Gasteiger partial charge in [-0.25, -0.2) is 0 Å². The Morgan fingerprint density at radius 1 is 0.413 bits per heavy atom. The molecule has 230 valence electrons. The molecule has 0 unspecified atom stereocenters. The third kappa shape index (κ3) is 6.93. The van der Waals surface area contributed by atoms with Crippen molar-refractivity contribution < 1.29 is 0 Å². The van der Waals surface area contributed by atoms with Crippen molar-refractivity contribution in [1.82, 2.24) is 9.80 Å². The number of nitrogens with zero attached hydrogens (tertiary/aromatic N) is 2. The van der Waals surface area contributed by atoms with Gasteiger partial charge in [0.2, 0.25) is 0 Å². The van der Waals surface area contributed by atoms with Gasteiger partial charge in [-0.2, -0.15) is 0 Å². The molecule has 0 spiro atoms. The Hall–Kier alpha value is -2.34. The minimum absolute atomic E-state index is 0.373. The van der Waals surface area contributed by atoms with Gasteiger partial charge in [-0.15, -0.1) is 0 Å². The third-order valence-corrected chi connectivity index (χ3v) is 14.6. The van der Waals surface area contributed by atoms with Gasteiger partial charge in [-0.05, 0) is 89.4 Å². The van der Waals surface area contributed by atoms with E-state index in [1.807, 2.05) is 0 Å². The molecular weight excluding hydrogens is 594 g/mol. The fourth-order valence-electron chi connectivity index (χ4n) is 7.03. The highest BCUT2D eigenvalue weighted by molar-refractivity contribution is 7.76. The van der Waals surface area contributed by atoms with Gasteiger partial charge in [0.15, 0.2) is 0 Å². The van der Waals surface area contributed by atoms with Crippen molar-refractivity contribution >= 4 is 37.1 Å². The topological polar surface area (TPSA) is 6.48 Å². The molecule has 0 aromatic heterocycles. The van der Waals surface area contributed by atoms with E-state index >= 15 is 0 Å². The molecule has 4 heteroatoms. The molecule has 0 bridgehead atoms. The first-order valence-electron chi connectivity index (χ1n) is 16.5. The molecule has 4 aromatic rings. The molecule has 1 aliphatic heterocycles. The van der Waals surface area contributed by atoms with Crippen LogP contribution >= 0.6 is 15.8 Å². The van der Waals surface area contributed by atoms with Crippen LogP contribution in [0.25, 0.3) is 0 Å². The molecule has 1 heterocycles. The Balaban J connectivity index is 1.03. The first kappa shape index (κ1) is 32.2. The average Bonchev–Trinajstić information content (AvgIpc) is 3.81. The first-order chi connectivity index (χ1) is 22.7. The summed E-state index contributed by atoms with van der Waals surface area (Å²) in [5.74, 6) is 2.96. The zero-order valence-electron chi connectivity index (χ0n) is 26.8. The molecule has 46 heavy (non-hydrogen) atoms. The summed E-state index contributed by atoms with van der Waals surface area (Å²) in [6.45, 7) is 9.15. The van der Waals surface area contributed by atoms with E-state index in [0.717, 1.165) is 26.2 Å². The normalized spacial score (nSPS) is 21.0. The summed E-state index contributed by atoms with van der Waals surface area (Å²) in [6.07, 6.45) is 14.1. The van der Waals surface area contributed by atoms with Crippen LogP contribution in [0, 0.1) is 61.7 Å². The van der Waals surface area contributed by atoms with E-state index in [-0.39, 0.29) is 0 Å². The van der Waals surface area contributed by atoms with Crippen molar-refractivity contribution in [3.63, 3.8) is 0 Å². The summed E-state index contributed by atoms with van der Waals surface area (Å²) in [4.78, 5) is 5.41. The quantitative estimate of drug-likeness (QED) is 0.171. The standard InChI is InChI=1S/C42H42N2P2/c1-33(39-25-15-27-41(39)45(35-17-7-3-8-18-35)36-19-9-4-10-20-36)43-29-31-44(32-30-43)34(2)40-26-16-28-42(40)46(37-21-11-5-12-22-37)38-23-13-6-14-24-38/h3-28,33-34H,29-32H2,1-2H3/t33-,34-/m0/s1. The smallest absolute Gasteiger partial charge is 0.0211 e. The van der Waals surface area contributed by atoms with Crippen LogP contribution in [0.3, 0.4) is 0 Å². The molecule has 10 radical (unpaired) electrons. The second-order valence-corrected chi connectivity index (χ2v) is 16.5. The van der Waals surface area contributed by atoms with Gasteiger partial charge >= 0.3 is 0 Å². The molecule has 0 N–H and O–H groups in total. The minimum Gasteiger partial charge on any atom is -0.297 e. The lowest BCUT2D eigenvalue weighted by atomic mass is 9.95. The van der Waals surface area contributed by atoms with Crippen LogP contribution in [-0.4, -0.2) is 48.1 Å². The second kappa shape index (κ2) is 15.3. The van der Waals surface area contributed by atoms with E-state index in [4.69, 9.17) is 0 Å². The molecule has 7 rings (SSSR count). The zero-order valence-corrected chi connectivity index (χ0v) is 28.6. The van der Waals surface area contributed by atoms with Crippen LogP contribution in [0.1, 0.15) is 13.8 Å². The fraction of sp³-hybridized carbons (Fsp3) is 0.190. The van der Waals surface area contributed by atoms with Crippen molar-refractivity contribution in [3.05, 3.63) is 183 Å². The van der Waals surface area contributed by atoms with Crippen molar-refractivity contribution in [2.24, 2.45) is 0 Å². The number of piperazine rings is 1. The number of hydrogen-bond acceptors (Lipinski definition) is 2. The van der Waals surface area contributed by atoms with Crippen LogP contribution in [0.4, 0.5) is 0 Å². The Morgan fingerprint density at radius 2 is 0.696 bits per heavy atom. The first-order valence-corrected chi connectivity index (χ1v) is 19.2. The van der Waals surface area contributed by atoms with Crippen molar-refractivity contribution in [2.75, 3.05) is 26.2 Å². The van der Waals surface area contributed by atoms with Gasteiger partial charge < -0.3 is 0 Å². The lowest BCUT2D eigenvalue weighted by Gasteiger charge is -2.45. The molecule has 3 fully saturated rings. The van der Waals surface area contributed by atoms with E-state index in [2.05, 4.69) is 183 Å². The predicted octanol–water partition coefficient (Wildman–Crippen LogP) is 7.11. The highest BCUT2D eigenvalue weighted by Gasteiger charge is 2.44. The number of benzene rings is 4.